The number of unbranched alkanes of at least 4 members (excludes halogenated alkanes) is 1. The highest BCUT2D eigenvalue weighted by atomic mass is 32.1. The third kappa shape index (κ3) is 4.82. The molecule has 2 heterocycles. The molecule has 5 nitrogen and oxygen atoms in total. The van der Waals surface area contributed by atoms with Crippen LogP contribution in [0.3, 0.4) is 0 Å². The second kappa shape index (κ2) is 8.14. The molecule has 0 saturated carbocycles. The topological polar surface area (TPSA) is 49.9 Å². The number of thiophene rings is 1. The normalized spacial score (nSPS) is 16.0. The number of hydrogen-bond donors (Lipinski definition) is 0. The van der Waals surface area contributed by atoms with Crippen molar-refractivity contribution in [2.45, 2.75) is 19.8 Å². The van der Waals surface area contributed by atoms with Gasteiger partial charge in [0.25, 0.3) is 5.91 Å². The van der Waals surface area contributed by atoms with Gasteiger partial charge in [0, 0.05) is 26.2 Å². The third-order valence-corrected chi connectivity index (χ3v) is 4.36. The lowest BCUT2D eigenvalue weighted by molar-refractivity contribution is -0.145. The largest absolute Gasteiger partial charge is 0.465 e. The van der Waals surface area contributed by atoms with Gasteiger partial charge in [-0.1, -0.05) is 19.4 Å². The lowest BCUT2D eigenvalue weighted by Crippen LogP contribution is -2.50. The molecular formula is C15H22N2O3S. The van der Waals surface area contributed by atoms with Crippen LogP contribution in [0.1, 0.15) is 29.4 Å². The summed E-state index contributed by atoms with van der Waals surface area (Å²) in [5.41, 5.74) is 0. The molecule has 1 aliphatic rings. The van der Waals surface area contributed by atoms with E-state index < -0.39 is 0 Å². The Morgan fingerprint density at radius 3 is 2.67 bits per heavy atom. The highest BCUT2D eigenvalue weighted by Crippen LogP contribution is 2.13. The van der Waals surface area contributed by atoms with E-state index in [0.29, 0.717) is 26.2 Å². The van der Waals surface area contributed by atoms with E-state index in [0.717, 1.165) is 30.8 Å². The molecule has 1 aromatic heterocycles. The number of nitrogens with zero attached hydrogens (tertiary/aromatic N) is 2. The third-order valence-electron chi connectivity index (χ3n) is 3.51. The molecular weight excluding hydrogens is 288 g/mol. The maximum Gasteiger partial charge on any atom is 0.320 e. The molecule has 0 aliphatic carbocycles. The van der Waals surface area contributed by atoms with Crippen molar-refractivity contribution in [3.63, 3.8) is 0 Å². The summed E-state index contributed by atoms with van der Waals surface area (Å²) in [5, 5.41) is 1.91. The van der Waals surface area contributed by atoms with Crippen molar-refractivity contribution in [3.8, 4) is 0 Å². The van der Waals surface area contributed by atoms with Crippen LogP contribution in [-0.2, 0) is 9.53 Å². The lowest BCUT2D eigenvalue weighted by Gasteiger charge is -2.33. The van der Waals surface area contributed by atoms with Crippen LogP contribution in [0, 0.1) is 0 Å². The summed E-state index contributed by atoms with van der Waals surface area (Å²) < 4.78 is 5.16. The molecule has 1 fully saturated rings. The molecule has 0 aromatic carbocycles. The predicted octanol–water partition coefficient (Wildman–Crippen LogP) is 1.85. The van der Waals surface area contributed by atoms with Gasteiger partial charge in [0.2, 0.25) is 0 Å². The Kier molecular flexibility index (Phi) is 6.20. The fourth-order valence-electron chi connectivity index (χ4n) is 2.22. The average molecular weight is 310 g/mol. The van der Waals surface area contributed by atoms with E-state index in [1.807, 2.05) is 27.3 Å². The minimum Gasteiger partial charge on any atom is -0.465 e. The molecule has 0 unspecified atom stereocenters. The van der Waals surface area contributed by atoms with Gasteiger partial charge in [-0.05, 0) is 17.9 Å². The number of hydrogen-bond acceptors (Lipinski definition) is 5. The first kappa shape index (κ1) is 16.0. The van der Waals surface area contributed by atoms with Gasteiger partial charge in [0.05, 0.1) is 18.0 Å². The maximum absolute atomic E-state index is 12.2. The van der Waals surface area contributed by atoms with Crippen molar-refractivity contribution < 1.29 is 14.3 Å². The van der Waals surface area contributed by atoms with Crippen LogP contribution in [0.2, 0.25) is 0 Å². The van der Waals surface area contributed by atoms with Gasteiger partial charge in [-0.25, -0.2) is 0 Å². The van der Waals surface area contributed by atoms with Gasteiger partial charge in [0.15, 0.2) is 0 Å². The van der Waals surface area contributed by atoms with E-state index in [1.165, 1.54) is 11.3 Å². The Balaban J connectivity index is 1.71. The maximum atomic E-state index is 12.2. The summed E-state index contributed by atoms with van der Waals surface area (Å²) in [6, 6.07) is 3.74. The van der Waals surface area contributed by atoms with Crippen LogP contribution in [0.15, 0.2) is 17.5 Å². The SMILES string of the molecule is CCCCOC(=O)CN1CCN(C(=O)c2cccs2)CC1. The summed E-state index contributed by atoms with van der Waals surface area (Å²) in [5.74, 6) is -0.0725. The number of rotatable bonds is 6. The van der Waals surface area contributed by atoms with Crippen LogP contribution in [0.5, 0.6) is 0 Å². The standard InChI is InChI=1S/C15H22N2O3S/c1-2-3-10-20-14(18)12-16-6-8-17(9-7-16)15(19)13-5-4-11-21-13/h4-5,11H,2-3,6-10,12H2,1H3. The van der Waals surface area contributed by atoms with Crippen molar-refractivity contribution in [1.29, 1.82) is 0 Å². The molecule has 1 saturated heterocycles. The van der Waals surface area contributed by atoms with Crippen LogP contribution in [0.4, 0.5) is 0 Å². The Hall–Kier alpha value is -1.40. The van der Waals surface area contributed by atoms with Crippen molar-refractivity contribution in [1.82, 2.24) is 9.80 Å². The van der Waals surface area contributed by atoms with Crippen LogP contribution >= 0.6 is 11.3 Å². The van der Waals surface area contributed by atoms with Gasteiger partial charge in [-0.2, -0.15) is 0 Å². The van der Waals surface area contributed by atoms with Gasteiger partial charge in [0.1, 0.15) is 0 Å². The predicted molar refractivity (Wildman–Crippen MR) is 82.5 cm³/mol. The smallest absolute Gasteiger partial charge is 0.320 e. The van der Waals surface area contributed by atoms with Crippen molar-refractivity contribution in [2.24, 2.45) is 0 Å². The zero-order valence-corrected chi connectivity index (χ0v) is 13.2. The van der Waals surface area contributed by atoms with Crippen LogP contribution in [-0.4, -0.2) is 61.0 Å². The van der Waals surface area contributed by atoms with Gasteiger partial charge < -0.3 is 9.64 Å². The summed E-state index contributed by atoms with van der Waals surface area (Å²) >= 11 is 1.47. The molecule has 1 aromatic rings. The van der Waals surface area contributed by atoms with E-state index in [9.17, 15) is 9.59 Å². The van der Waals surface area contributed by atoms with E-state index >= 15 is 0 Å². The summed E-state index contributed by atoms with van der Waals surface area (Å²) in [4.78, 5) is 28.5. The number of amides is 1. The van der Waals surface area contributed by atoms with E-state index in [4.69, 9.17) is 4.74 Å². The zero-order chi connectivity index (χ0) is 15.1. The molecule has 6 heteroatoms. The fraction of sp³-hybridized carbons (Fsp3) is 0.600. The molecule has 0 atom stereocenters. The molecule has 1 aliphatic heterocycles. The Bertz CT molecular complexity index is 453. The summed E-state index contributed by atoms with van der Waals surface area (Å²) in [7, 11) is 0. The van der Waals surface area contributed by atoms with Gasteiger partial charge in [-0.15, -0.1) is 11.3 Å². The van der Waals surface area contributed by atoms with E-state index in [1.54, 1.807) is 0 Å². The second-order valence-electron chi connectivity index (χ2n) is 5.12. The molecule has 21 heavy (non-hydrogen) atoms. The molecule has 116 valence electrons. The lowest BCUT2D eigenvalue weighted by atomic mass is 10.3. The van der Waals surface area contributed by atoms with Crippen molar-refractivity contribution in [2.75, 3.05) is 39.3 Å². The first-order valence-corrected chi connectivity index (χ1v) is 8.29. The summed E-state index contributed by atoms with van der Waals surface area (Å²) in [6.45, 7) is 5.67. The molecule has 0 N–H and O–H groups in total. The van der Waals surface area contributed by atoms with Crippen LogP contribution < -0.4 is 0 Å². The van der Waals surface area contributed by atoms with Crippen molar-refractivity contribution >= 4 is 23.2 Å². The monoisotopic (exact) mass is 310 g/mol. The number of carbonyl (C=O) groups is 2. The highest BCUT2D eigenvalue weighted by Gasteiger charge is 2.23. The Morgan fingerprint density at radius 1 is 1.29 bits per heavy atom. The van der Waals surface area contributed by atoms with Crippen molar-refractivity contribution in [3.05, 3.63) is 22.4 Å². The number of carbonyl (C=O) groups excluding carboxylic acids is 2. The number of piperazine rings is 1. The number of ether oxygens (including phenoxy) is 1. The molecule has 1 amide bonds. The first-order chi connectivity index (χ1) is 10.2. The Labute approximate surface area is 129 Å². The second-order valence-corrected chi connectivity index (χ2v) is 6.07. The van der Waals surface area contributed by atoms with E-state index in [-0.39, 0.29) is 11.9 Å². The quantitative estimate of drug-likeness (QED) is 0.594. The molecule has 0 spiro atoms. The molecule has 0 radical (unpaired) electrons. The fourth-order valence-corrected chi connectivity index (χ4v) is 2.91. The Morgan fingerprint density at radius 2 is 2.05 bits per heavy atom. The minimum atomic E-state index is -0.165. The summed E-state index contributed by atoms with van der Waals surface area (Å²) in [6.07, 6.45) is 1.94. The average Bonchev–Trinajstić information content (AvgIpc) is 3.02. The minimum absolute atomic E-state index is 0.0928. The molecule has 0 bridgehead atoms. The van der Waals surface area contributed by atoms with Gasteiger partial charge >= 0.3 is 5.97 Å². The van der Waals surface area contributed by atoms with Crippen LogP contribution in [0.25, 0.3) is 0 Å². The van der Waals surface area contributed by atoms with Gasteiger partial charge in [-0.3, -0.25) is 14.5 Å². The highest BCUT2D eigenvalue weighted by molar-refractivity contribution is 7.12. The molecule has 2 rings (SSSR count). The number of esters is 1. The van der Waals surface area contributed by atoms with E-state index in [2.05, 4.69) is 6.92 Å². The zero-order valence-electron chi connectivity index (χ0n) is 12.4. The first-order valence-electron chi connectivity index (χ1n) is 7.41.